The number of anilines is 1. The molecule has 0 aliphatic heterocycles. The average Bonchev–Trinajstić information content (AvgIpc) is 2.34. The Hall–Kier alpha value is -0.680. The van der Waals surface area contributed by atoms with E-state index in [9.17, 15) is 0 Å². The molecular weight excluding hydrogens is 306 g/mol. The van der Waals surface area contributed by atoms with Crippen LogP contribution < -0.4 is 5.32 Å². The van der Waals surface area contributed by atoms with Gasteiger partial charge in [-0.25, -0.2) is 9.97 Å². The van der Waals surface area contributed by atoms with Gasteiger partial charge in [-0.05, 0) is 40.6 Å². The van der Waals surface area contributed by atoms with Crippen molar-refractivity contribution in [1.29, 1.82) is 0 Å². The summed E-state index contributed by atoms with van der Waals surface area (Å²) >= 11 is 3.42. The lowest BCUT2D eigenvalue weighted by atomic mass is 9.88. The van der Waals surface area contributed by atoms with Crippen molar-refractivity contribution in [1.82, 2.24) is 9.97 Å². The number of aliphatic hydroxyl groups excluding tert-OH is 1. The Labute approximate surface area is 124 Å². The van der Waals surface area contributed by atoms with Crippen molar-refractivity contribution >= 4 is 21.7 Å². The zero-order valence-electron chi connectivity index (χ0n) is 12.0. The van der Waals surface area contributed by atoms with E-state index in [-0.39, 0.29) is 12.0 Å². The molecular formula is C14H24BrN3O. The minimum atomic E-state index is 0.144. The standard InChI is InChI=1S/C14H24BrN3O/c1-4-6-12-17-11(15)9-13(18-12)16-10-14(2,3)7-5-8-19/h9,19H,4-8,10H2,1-3H3,(H,16,17,18). The predicted octanol–water partition coefficient (Wildman–Crippen LogP) is 3.40. The fourth-order valence-electron chi connectivity index (χ4n) is 1.87. The molecule has 1 heterocycles. The van der Waals surface area contributed by atoms with Gasteiger partial charge in [0, 0.05) is 25.6 Å². The van der Waals surface area contributed by atoms with Crippen LogP contribution >= 0.6 is 15.9 Å². The number of aryl methyl sites for hydroxylation is 1. The molecule has 0 bridgehead atoms. The molecule has 1 aromatic rings. The molecule has 1 aromatic heterocycles. The van der Waals surface area contributed by atoms with Gasteiger partial charge in [-0.1, -0.05) is 20.8 Å². The summed E-state index contributed by atoms with van der Waals surface area (Å²) in [4.78, 5) is 8.86. The third-order valence-corrected chi connectivity index (χ3v) is 3.38. The van der Waals surface area contributed by atoms with Gasteiger partial charge in [0.25, 0.3) is 0 Å². The highest BCUT2D eigenvalue weighted by Crippen LogP contribution is 2.23. The van der Waals surface area contributed by atoms with Gasteiger partial charge in [-0.15, -0.1) is 0 Å². The van der Waals surface area contributed by atoms with Crippen molar-refractivity contribution in [2.45, 2.75) is 46.5 Å². The molecule has 0 saturated heterocycles. The van der Waals surface area contributed by atoms with Gasteiger partial charge >= 0.3 is 0 Å². The first-order chi connectivity index (χ1) is 8.96. The minimum Gasteiger partial charge on any atom is -0.396 e. The summed E-state index contributed by atoms with van der Waals surface area (Å²) in [6.45, 7) is 7.60. The van der Waals surface area contributed by atoms with Crippen LogP contribution in [0.15, 0.2) is 10.7 Å². The summed E-state index contributed by atoms with van der Waals surface area (Å²) in [5.41, 5.74) is 0.144. The number of aromatic nitrogens is 2. The van der Waals surface area contributed by atoms with Gasteiger partial charge in [-0.3, -0.25) is 0 Å². The molecule has 0 fully saturated rings. The summed E-state index contributed by atoms with van der Waals surface area (Å²) in [6, 6.07) is 1.90. The SMILES string of the molecule is CCCc1nc(Br)cc(NCC(C)(C)CCCO)n1. The molecule has 0 radical (unpaired) electrons. The Bertz CT molecular complexity index is 396. The van der Waals surface area contributed by atoms with Crippen LogP contribution in [0.5, 0.6) is 0 Å². The Morgan fingerprint density at radius 1 is 1.37 bits per heavy atom. The van der Waals surface area contributed by atoms with Crippen LogP contribution in [-0.4, -0.2) is 28.2 Å². The van der Waals surface area contributed by atoms with Crippen LogP contribution in [0, 0.1) is 5.41 Å². The van der Waals surface area contributed by atoms with Crippen molar-refractivity contribution in [3.05, 3.63) is 16.5 Å². The third-order valence-electron chi connectivity index (χ3n) is 2.97. The van der Waals surface area contributed by atoms with E-state index in [0.717, 1.165) is 48.5 Å². The van der Waals surface area contributed by atoms with E-state index in [4.69, 9.17) is 5.11 Å². The highest BCUT2D eigenvalue weighted by atomic mass is 79.9. The number of hydrogen-bond donors (Lipinski definition) is 2. The minimum absolute atomic E-state index is 0.144. The van der Waals surface area contributed by atoms with Crippen LogP contribution in [0.3, 0.4) is 0 Å². The van der Waals surface area contributed by atoms with Crippen LogP contribution in [0.4, 0.5) is 5.82 Å². The average molecular weight is 330 g/mol. The highest BCUT2D eigenvalue weighted by molar-refractivity contribution is 9.10. The molecule has 2 N–H and O–H groups in total. The zero-order chi connectivity index (χ0) is 14.3. The summed E-state index contributed by atoms with van der Waals surface area (Å²) in [5.74, 6) is 1.73. The van der Waals surface area contributed by atoms with Crippen molar-refractivity contribution in [2.24, 2.45) is 5.41 Å². The molecule has 0 saturated carbocycles. The lowest BCUT2D eigenvalue weighted by Crippen LogP contribution is -2.24. The molecule has 5 heteroatoms. The van der Waals surface area contributed by atoms with E-state index in [1.165, 1.54) is 0 Å². The van der Waals surface area contributed by atoms with E-state index >= 15 is 0 Å². The first kappa shape index (κ1) is 16.4. The summed E-state index contributed by atoms with van der Waals surface area (Å²) in [7, 11) is 0. The normalized spacial score (nSPS) is 11.6. The number of hydrogen-bond acceptors (Lipinski definition) is 4. The molecule has 4 nitrogen and oxygen atoms in total. The van der Waals surface area contributed by atoms with Gasteiger partial charge in [0.15, 0.2) is 0 Å². The highest BCUT2D eigenvalue weighted by Gasteiger charge is 2.17. The second-order valence-corrected chi connectivity index (χ2v) is 6.40. The molecule has 0 aliphatic carbocycles. The van der Waals surface area contributed by atoms with E-state index in [0.29, 0.717) is 0 Å². The Kier molecular flexibility index (Phi) is 6.72. The van der Waals surface area contributed by atoms with E-state index in [2.05, 4.69) is 52.0 Å². The van der Waals surface area contributed by atoms with Crippen LogP contribution in [0.25, 0.3) is 0 Å². The third kappa shape index (κ3) is 6.34. The number of halogens is 1. The van der Waals surface area contributed by atoms with Gasteiger partial charge in [0.2, 0.25) is 0 Å². The maximum absolute atomic E-state index is 8.90. The van der Waals surface area contributed by atoms with Crippen LogP contribution in [-0.2, 0) is 6.42 Å². The molecule has 0 spiro atoms. The quantitative estimate of drug-likeness (QED) is 0.717. The molecule has 0 aromatic carbocycles. The summed E-state index contributed by atoms with van der Waals surface area (Å²) < 4.78 is 0.821. The van der Waals surface area contributed by atoms with E-state index in [1.807, 2.05) is 6.07 Å². The van der Waals surface area contributed by atoms with Crippen LogP contribution in [0.1, 0.15) is 45.9 Å². The molecule has 19 heavy (non-hydrogen) atoms. The fraction of sp³-hybridized carbons (Fsp3) is 0.714. The van der Waals surface area contributed by atoms with Gasteiger partial charge in [0.05, 0.1) is 0 Å². The first-order valence-electron chi connectivity index (χ1n) is 6.85. The molecule has 0 atom stereocenters. The molecule has 0 unspecified atom stereocenters. The largest absolute Gasteiger partial charge is 0.396 e. The van der Waals surface area contributed by atoms with Gasteiger partial charge in [-0.2, -0.15) is 0 Å². The second-order valence-electron chi connectivity index (χ2n) is 5.59. The Balaban J connectivity index is 2.61. The van der Waals surface area contributed by atoms with E-state index in [1.54, 1.807) is 0 Å². The fourth-order valence-corrected chi connectivity index (χ4v) is 2.29. The Morgan fingerprint density at radius 2 is 2.11 bits per heavy atom. The topological polar surface area (TPSA) is 58.0 Å². The van der Waals surface area contributed by atoms with Gasteiger partial charge < -0.3 is 10.4 Å². The lowest BCUT2D eigenvalue weighted by Gasteiger charge is -2.25. The maximum atomic E-state index is 8.90. The molecule has 0 aliphatic rings. The van der Waals surface area contributed by atoms with Crippen molar-refractivity contribution in [3.8, 4) is 0 Å². The van der Waals surface area contributed by atoms with Crippen molar-refractivity contribution in [2.75, 3.05) is 18.5 Å². The molecule has 0 amide bonds. The second kappa shape index (κ2) is 7.80. The van der Waals surface area contributed by atoms with Crippen molar-refractivity contribution in [3.63, 3.8) is 0 Å². The summed E-state index contributed by atoms with van der Waals surface area (Å²) in [6.07, 6.45) is 3.76. The number of nitrogens with zero attached hydrogens (tertiary/aromatic N) is 2. The van der Waals surface area contributed by atoms with E-state index < -0.39 is 0 Å². The predicted molar refractivity (Wildman–Crippen MR) is 82.3 cm³/mol. The molecule has 1 rings (SSSR count). The lowest BCUT2D eigenvalue weighted by molar-refractivity contribution is 0.248. The molecule has 108 valence electrons. The zero-order valence-corrected chi connectivity index (χ0v) is 13.6. The van der Waals surface area contributed by atoms with Crippen molar-refractivity contribution < 1.29 is 5.11 Å². The number of rotatable bonds is 8. The first-order valence-corrected chi connectivity index (χ1v) is 7.64. The number of nitrogens with one attached hydrogen (secondary N) is 1. The smallest absolute Gasteiger partial charge is 0.132 e. The monoisotopic (exact) mass is 329 g/mol. The van der Waals surface area contributed by atoms with Gasteiger partial charge in [0.1, 0.15) is 16.2 Å². The summed E-state index contributed by atoms with van der Waals surface area (Å²) in [5, 5.41) is 12.3. The van der Waals surface area contributed by atoms with Crippen LogP contribution in [0.2, 0.25) is 0 Å². The Morgan fingerprint density at radius 3 is 2.74 bits per heavy atom. The maximum Gasteiger partial charge on any atom is 0.132 e. The number of aliphatic hydroxyl groups is 1.